The number of hydrogen-bond donors (Lipinski definition) is 3. The Morgan fingerprint density at radius 3 is 2.73 bits per heavy atom. The Morgan fingerprint density at radius 1 is 1.23 bits per heavy atom. The highest BCUT2D eigenvalue weighted by atomic mass is 127. The molecular formula is C22H31IN6O. The van der Waals surface area contributed by atoms with E-state index in [4.69, 9.17) is 0 Å². The van der Waals surface area contributed by atoms with Gasteiger partial charge in [-0.25, -0.2) is 4.98 Å². The molecule has 2 heterocycles. The lowest BCUT2D eigenvalue weighted by Crippen LogP contribution is -2.45. The van der Waals surface area contributed by atoms with Crippen LogP contribution in [0.4, 0.5) is 0 Å². The van der Waals surface area contributed by atoms with E-state index in [0.29, 0.717) is 12.5 Å². The quantitative estimate of drug-likeness (QED) is 0.320. The number of hydrogen-bond acceptors (Lipinski definition) is 3. The van der Waals surface area contributed by atoms with Crippen LogP contribution in [0.2, 0.25) is 0 Å². The lowest BCUT2D eigenvalue weighted by molar-refractivity contribution is -0.134. The van der Waals surface area contributed by atoms with E-state index in [1.807, 2.05) is 29.3 Å². The number of aromatic amines is 1. The number of halogens is 1. The van der Waals surface area contributed by atoms with Crippen LogP contribution >= 0.6 is 24.0 Å². The summed E-state index contributed by atoms with van der Waals surface area (Å²) in [4.78, 5) is 26.8. The second-order valence-corrected chi connectivity index (χ2v) is 7.93. The van der Waals surface area contributed by atoms with E-state index in [2.05, 4.69) is 37.7 Å². The molecule has 162 valence electrons. The number of benzene rings is 1. The van der Waals surface area contributed by atoms with Gasteiger partial charge in [-0.2, -0.15) is 0 Å². The fourth-order valence-corrected chi connectivity index (χ4v) is 4.28. The summed E-state index contributed by atoms with van der Waals surface area (Å²) in [6.07, 6.45) is 7.32. The van der Waals surface area contributed by atoms with E-state index in [0.717, 1.165) is 55.4 Å². The maximum atomic E-state index is 12.6. The van der Waals surface area contributed by atoms with Gasteiger partial charge in [0.15, 0.2) is 5.96 Å². The van der Waals surface area contributed by atoms with Crippen molar-refractivity contribution in [3.8, 4) is 11.3 Å². The molecule has 1 aromatic heterocycles. The molecule has 8 heteroatoms. The molecule has 1 aliphatic heterocycles. The Kier molecular flexibility index (Phi) is 8.12. The first-order valence-electron chi connectivity index (χ1n) is 10.6. The van der Waals surface area contributed by atoms with E-state index in [-0.39, 0.29) is 35.9 Å². The number of imidazole rings is 1. The first-order valence-corrected chi connectivity index (χ1v) is 10.6. The van der Waals surface area contributed by atoms with Crippen LogP contribution in [0.5, 0.6) is 0 Å². The molecule has 2 fully saturated rings. The molecular weight excluding hydrogens is 491 g/mol. The monoisotopic (exact) mass is 522 g/mol. The van der Waals surface area contributed by atoms with Crippen molar-refractivity contribution in [2.75, 3.05) is 20.1 Å². The number of nitrogens with zero attached hydrogens (tertiary/aromatic N) is 3. The van der Waals surface area contributed by atoms with Gasteiger partial charge in [0.1, 0.15) is 5.82 Å². The van der Waals surface area contributed by atoms with Crippen molar-refractivity contribution in [2.24, 2.45) is 10.9 Å². The van der Waals surface area contributed by atoms with Gasteiger partial charge in [-0.15, -0.1) is 24.0 Å². The molecule has 1 atom stereocenters. The van der Waals surface area contributed by atoms with Crippen LogP contribution in [-0.4, -0.2) is 52.9 Å². The lowest BCUT2D eigenvalue weighted by atomic mass is 10.1. The molecule has 0 radical (unpaired) electrons. The van der Waals surface area contributed by atoms with Gasteiger partial charge < -0.3 is 20.5 Å². The highest BCUT2D eigenvalue weighted by Crippen LogP contribution is 2.27. The summed E-state index contributed by atoms with van der Waals surface area (Å²) in [5, 5.41) is 6.77. The number of likely N-dealkylation sites (tertiary alicyclic amines) is 1. The fourth-order valence-electron chi connectivity index (χ4n) is 4.28. The Morgan fingerprint density at radius 2 is 2.00 bits per heavy atom. The largest absolute Gasteiger partial charge is 0.352 e. The average Bonchev–Trinajstić information content (AvgIpc) is 3.53. The van der Waals surface area contributed by atoms with Crippen molar-refractivity contribution >= 4 is 35.8 Å². The summed E-state index contributed by atoms with van der Waals surface area (Å²) in [6, 6.07) is 10.4. The molecule has 3 N–H and O–H groups in total. The molecule has 1 unspecified atom stereocenters. The summed E-state index contributed by atoms with van der Waals surface area (Å²) in [5.41, 5.74) is 2.12. The molecule has 30 heavy (non-hydrogen) atoms. The predicted octanol–water partition coefficient (Wildman–Crippen LogP) is 3.15. The minimum absolute atomic E-state index is 0. The summed E-state index contributed by atoms with van der Waals surface area (Å²) in [6.45, 7) is 2.15. The number of carbonyl (C=O) groups is 1. The summed E-state index contributed by atoms with van der Waals surface area (Å²) >= 11 is 0. The highest BCUT2D eigenvalue weighted by molar-refractivity contribution is 14.0. The Hall–Kier alpha value is -2.10. The second-order valence-electron chi connectivity index (χ2n) is 7.93. The van der Waals surface area contributed by atoms with Crippen LogP contribution in [0.1, 0.15) is 37.9 Å². The SMILES string of the molecule is CN=C(NCc1ncc(-c2ccccc2)[nH]1)NC1CCN(C(=O)C2CCCC2)C1.I. The molecule has 1 amide bonds. The van der Waals surface area contributed by atoms with Crippen LogP contribution in [0, 0.1) is 5.92 Å². The summed E-state index contributed by atoms with van der Waals surface area (Å²) in [5.74, 6) is 2.20. The third-order valence-corrected chi connectivity index (χ3v) is 5.91. The first-order chi connectivity index (χ1) is 14.2. The summed E-state index contributed by atoms with van der Waals surface area (Å²) < 4.78 is 0. The van der Waals surface area contributed by atoms with Crippen LogP contribution in [-0.2, 0) is 11.3 Å². The number of nitrogens with one attached hydrogen (secondary N) is 3. The molecule has 1 saturated heterocycles. The number of rotatable bonds is 5. The molecule has 1 aromatic carbocycles. The minimum Gasteiger partial charge on any atom is -0.352 e. The zero-order chi connectivity index (χ0) is 20.1. The van der Waals surface area contributed by atoms with Gasteiger partial charge in [-0.1, -0.05) is 43.2 Å². The van der Waals surface area contributed by atoms with Gasteiger partial charge >= 0.3 is 0 Å². The zero-order valence-corrected chi connectivity index (χ0v) is 19.8. The van der Waals surface area contributed by atoms with Crippen LogP contribution < -0.4 is 10.6 Å². The molecule has 1 saturated carbocycles. The second kappa shape index (κ2) is 10.8. The van der Waals surface area contributed by atoms with Crippen molar-refractivity contribution in [1.29, 1.82) is 0 Å². The maximum absolute atomic E-state index is 12.6. The number of H-pyrrole nitrogens is 1. The van der Waals surface area contributed by atoms with E-state index in [9.17, 15) is 4.79 Å². The van der Waals surface area contributed by atoms with Gasteiger partial charge in [-0.05, 0) is 24.8 Å². The number of amides is 1. The Labute approximate surface area is 195 Å². The number of guanidine groups is 1. The molecule has 0 spiro atoms. The Bertz CT molecular complexity index is 846. The van der Waals surface area contributed by atoms with E-state index >= 15 is 0 Å². The lowest BCUT2D eigenvalue weighted by Gasteiger charge is -2.21. The molecule has 2 aliphatic rings. The van der Waals surface area contributed by atoms with Gasteiger partial charge in [0.25, 0.3) is 0 Å². The number of carbonyl (C=O) groups excluding carboxylic acids is 1. The van der Waals surface area contributed by atoms with Gasteiger partial charge in [0.05, 0.1) is 18.4 Å². The van der Waals surface area contributed by atoms with Crippen molar-refractivity contribution in [3.63, 3.8) is 0 Å². The Balaban J connectivity index is 0.00000256. The van der Waals surface area contributed by atoms with Crippen molar-refractivity contribution in [3.05, 3.63) is 42.4 Å². The van der Waals surface area contributed by atoms with Gasteiger partial charge in [0, 0.05) is 32.1 Å². The first kappa shape index (κ1) is 22.6. The molecule has 1 aliphatic carbocycles. The van der Waals surface area contributed by atoms with E-state index in [1.54, 1.807) is 7.05 Å². The molecule has 0 bridgehead atoms. The van der Waals surface area contributed by atoms with Crippen molar-refractivity contribution in [1.82, 2.24) is 25.5 Å². The normalized spacial score (nSPS) is 19.6. The third-order valence-electron chi connectivity index (χ3n) is 5.91. The van der Waals surface area contributed by atoms with Crippen LogP contribution in [0.25, 0.3) is 11.3 Å². The standard InChI is InChI=1S/C22H30N6O.HI/c1-23-22(25-14-20-24-13-19(27-20)16-7-3-2-4-8-16)26-18-11-12-28(15-18)21(29)17-9-5-6-10-17;/h2-4,7-8,13,17-18H,5-6,9-12,14-15H2,1H3,(H,24,27)(H2,23,25,26);1H. The number of aromatic nitrogens is 2. The molecule has 4 rings (SSSR count). The van der Waals surface area contributed by atoms with Gasteiger partial charge in [-0.3, -0.25) is 9.79 Å². The van der Waals surface area contributed by atoms with Gasteiger partial charge in [0.2, 0.25) is 5.91 Å². The smallest absolute Gasteiger partial charge is 0.225 e. The average molecular weight is 522 g/mol. The predicted molar refractivity (Wildman–Crippen MR) is 130 cm³/mol. The summed E-state index contributed by atoms with van der Waals surface area (Å²) in [7, 11) is 1.77. The number of aliphatic imine (C=N–C) groups is 1. The molecule has 7 nitrogen and oxygen atoms in total. The van der Waals surface area contributed by atoms with Crippen molar-refractivity contribution < 1.29 is 4.79 Å². The van der Waals surface area contributed by atoms with E-state index in [1.165, 1.54) is 12.8 Å². The van der Waals surface area contributed by atoms with Crippen LogP contribution in [0.15, 0.2) is 41.5 Å². The van der Waals surface area contributed by atoms with Crippen molar-refractivity contribution in [2.45, 2.75) is 44.7 Å². The fraction of sp³-hybridized carbons (Fsp3) is 0.500. The van der Waals surface area contributed by atoms with Crippen LogP contribution in [0.3, 0.4) is 0 Å². The molecule has 2 aromatic rings. The minimum atomic E-state index is 0. The zero-order valence-electron chi connectivity index (χ0n) is 17.4. The highest BCUT2D eigenvalue weighted by Gasteiger charge is 2.32. The van der Waals surface area contributed by atoms with E-state index < -0.39 is 0 Å². The third kappa shape index (κ3) is 5.53. The topological polar surface area (TPSA) is 85.4 Å². The maximum Gasteiger partial charge on any atom is 0.225 e.